The second-order valence-electron chi connectivity index (χ2n) is 6.53. The fraction of sp³-hybridized carbons (Fsp3) is 0.300. The molecule has 1 N–H and O–H groups in total. The average Bonchev–Trinajstić information content (AvgIpc) is 3.26. The van der Waals surface area contributed by atoms with Crippen molar-refractivity contribution in [2.24, 2.45) is 0 Å². The van der Waals surface area contributed by atoms with Gasteiger partial charge in [0, 0.05) is 18.7 Å². The first kappa shape index (κ1) is 15.7. The Kier molecular flexibility index (Phi) is 4.14. The molecule has 1 amide bonds. The molecular formula is C20H21N3O2. The van der Waals surface area contributed by atoms with Gasteiger partial charge in [-0.25, -0.2) is 0 Å². The van der Waals surface area contributed by atoms with E-state index in [-0.39, 0.29) is 11.9 Å². The van der Waals surface area contributed by atoms with Crippen molar-refractivity contribution in [2.75, 3.05) is 18.0 Å². The number of nitrogens with one attached hydrogen (secondary N) is 1. The number of oxazole rings is 1. The van der Waals surface area contributed by atoms with Crippen LogP contribution in [0.4, 0.5) is 6.01 Å². The molecule has 2 aromatic carbocycles. The van der Waals surface area contributed by atoms with Gasteiger partial charge in [-0.3, -0.25) is 4.79 Å². The summed E-state index contributed by atoms with van der Waals surface area (Å²) < 4.78 is 5.89. The number of aromatic nitrogens is 1. The van der Waals surface area contributed by atoms with E-state index in [1.54, 1.807) is 0 Å². The number of carbonyl (C=O) groups excluding carboxylic acids is 1. The van der Waals surface area contributed by atoms with Gasteiger partial charge in [0.25, 0.3) is 11.9 Å². The van der Waals surface area contributed by atoms with Gasteiger partial charge in [0.1, 0.15) is 5.52 Å². The molecule has 0 saturated carbocycles. The van der Waals surface area contributed by atoms with Crippen LogP contribution in [0.25, 0.3) is 11.1 Å². The van der Waals surface area contributed by atoms with Crippen molar-refractivity contribution < 1.29 is 9.21 Å². The molecular weight excluding hydrogens is 314 g/mol. The predicted octanol–water partition coefficient (Wildman–Crippen LogP) is 3.54. The lowest BCUT2D eigenvalue weighted by molar-refractivity contribution is 0.0951. The molecule has 5 heteroatoms. The van der Waals surface area contributed by atoms with Gasteiger partial charge >= 0.3 is 0 Å². The zero-order valence-electron chi connectivity index (χ0n) is 14.2. The first-order valence-corrected chi connectivity index (χ1v) is 8.68. The van der Waals surface area contributed by atoms with Crippen LogP contribution in [-0.2, 0) is 0 Å². The normalized spacial score (nSPS) is 17.2. The largest absolute Gasteiger partial charge is 0.423 e. The molecule has 4 rings (SSSR count). The molecule has 2 heterocycles. The standard InChI is InChI=1S/C20H21N3O2/c1-14-8-10-15(11-9-14)19(24)21-13-16-5-4-12-23(16)20-22-17-6-2-3-7-18(17)25-20/h2-3,6-11,16H,4-5,12-13H2,1H3,(H,21,24). The monoisotopic (exact) mass is 335 g/mol. The minimum atomic E-state index is -0.0376. The van der Waals surface area contributed by atoms with Crippen LogP contribution < -0.4 is 10.2 Å². The predicted molar refractivity (Wildman–Crippen MR) is 97.9 cm³/mol. The van der Waals surface area contributed by atoms with Gasteiger partial charge < -0.3 is 14.6 Å². The third kappa shape index (κ3) is 3.22. The molecule has 1 aliphatic heterocycles. The highest BCUT2D eigenvalue weighted by molar-refractivity contribution is 5.94. The quantitative estimate of drug-likeness (QED) is 0.792. The van der Waals surface area contributed by atoms with E-state index in [1.165, 1.54) is 0 Å². The first-order valence-electron chi connectivity index (χ1n) is 8.68. The lowest BCUT2D eigenvalue weighted by Crippen LogP contribution is -2.40. The molecule has 1 atom stereocenters. The van der Waals surface area contributed by atoms with E-state index >= 15 is 0 Å². The Balaban J connectivity index is 1.44. The topological polar surface area (TPSA) is 58.4 Å². The summed E-state index contributed by atoms with van der Waals surface area (Å²) in [5.41, 5.74) is 3.50. The molecule has 3 aromatic rings. The van der Waals surface area contributed by atoms with Gasteiger partial charge in [0.15, 0.2) is 5.58 Å². The van der Waals surface area contributed by atoms with E-state index in [2.05, 4.69) is 15.2 Å². The van der Waals surface area contributed by atoms with Crippen LogP contribution in [0, 0.1) is 6.92 Å². The minimum Gasteiger partial charge on any atom is -0.423 e. The van der Waals surface area contributed by atoms with E-state index in [1.807, 2.05) is 55.5 Å². The van der Waals surface area contributed by atoms with Crippen molar-refractivity contribution in [3.63, 3.8) is 0 Å². The number of hydrogen-bond donors (Lipinski definition) is 1. The fourth-order valence-corrected chi connectivity index (χ4v) is 3.30. The second-order valence-corrected chi connectivity index (χ2v) is 6.53. The highest BCUT2D eigenvalue weighted by atomic mass is 16.4. The summed E-state index contributed by atoms with van der Waals surface area (Å²) in [4.78, 5) is 19.1. The summed E-state index contributed by atoms with van der Waals surface area (Å²) in [6.45, 7) is 3.50. The number of para-hydroxylation sites is 2. The van der Waals surface area contributed by atoms with Gasteiger partial charge in [-0.2, -0.15) is 4.98 Å². The van der Waals surface area contributed by atoms with Crippen LogP contribution in [0.3, 0.4) is 0 Å². The van der Waals surface area contributed by atoms with Crippen LogP contribution in [0.2, 0.25) is 0 Å². The van der Waals surface area contributed by atoms with Crippen molar-refractivity contribution >= 4 is 23.0 Å². The maximum absolute atomic E-state index is 12.3. The molecule has 5 nitrogen and oxygen atoms in total. The van der Waals surface area contributed by atoms with E-state index in [9.17, 15) is 4.79 Å². The number of rotatable bonds is 4. The molecule has 0 bridgehead atoms. The third-order valence-electron chi connectivity index (χ3n) is 4.72. The Morgan fingerprint density at radius 1 is 1.24 bits per heavy atom. The Hall–Kier alpha value is -2.82. The Morgan fingerprint density at radius 3 is 2.84 bits per heavy atom. The van der Waals surface area contributed by atoms with Crippen molar-refractivity contribution in [3.8, 4) is 0 Å². The molecule has 0 radical (unpaired) electrons. The number of fused-ring (bicyclic) bond motifs is 1. The van der Waals surface area contributed by atoms with Crippen molar-refractivity contribution in [2.45, 2.75) is 25.8 Å². The maximum Gasteiger partial charge on any atom is 0.298 e. The smallest absolute Gasteiger partial charge is 0.298 e. The number of benzene rings is 2. The van der Waals surface area contributed by atoms with E-state index < -0.39 is 0 Å². The number of anilines is 1. The summed E-state index contributed by atoms with van der Waals surface area (Å²) in [5.74, 6) is -0.0376. The van der Waals surface area contributed by atoms with E-state index in [4.69, 9.17) is 4.42 Å². The number of nitrogens with zero attached hydrogens (tertiary/aromatic N) is 2. The van der Waals surface area contributed by atoms with Crippen LogP contribution in [0.15, 0.2) is 52.9 Å². The Morgan fingerprint density at radius 2 is 2.04 bits per heavy atom. The lowest BCUT2D eigenvalue weighted by Gasteiger charge is -2.23. The van der Waals surface area contributed by atoms with E-state index in [0.29, 0.717) is 18.1 Å². The van der Waals surface area contributed by atoms with Gasteiger partial charge in [-0.15, -0.1) is 0 Å². The molecule has 1 unspecified atom stereocenters. The first-order chi connectivity index (χ1) is 12.2. The maximum atomic E-state index is 12.3. The van der Waals surface area contributed by atoms with Gasteiger partial charge in [-0.05, 0) is 44.0 Å². The second kappa shape index (κ2) is 6.59. The van der Waals surface area contributed by atoms with Crippen LogP contribution in [-0.4, -0.2) is 30.0 Å². The average molecular weight is 335 g/mol. The summed E-state index contributed by atoms with van der Waals surface area (Å²) in [6, 6.07) is 16.3. The molecule has 1 aromatic heterocycles. The Labute approximate surface area is 146 Å². The van der Waals surface area contributed by atoms with Crippen molar-refractivity contribution in [1.29, 1.82) is 0 Å². The fourth-order valence-electron chi connectivity index (χ4n) is 3.30. The molecule has 1 saturated heterocycles. The molecule has 25 heavy (non-hydrogen) atoms. The number of amides is 1. The highest BCUT2D eigenvalue weighted by Crippen LogP contribution is 2.28. The van der Waals surface area contributed by atoms with Gasteiger partial charge in [0.2, 0.25) is 0 Å². The van der Waals surface area contributed by atoms with E-state index in [0.717, 1.165) is 36.0 Å². The van der Waals surface area contributed by atoms with Crippen LogP contribution in [0.1, 0.15) is 28.8 Å². The number of aryl methyl sites for hydroxylation is 1. The highest BCUT2D eigenvalue weighted by Gasteiger charge is 2.28. The summed E-state index contributed by atoms with van der Waals surface area (Å²) in [7, 11) is 0. The Bertz CT molecular complexity index is 852. The minimum absolute atomic E-state index is 0.0376. The molecule has 0 aliphatic carbocycles. The van der Waals surface area contributed by atoms with Crippen molar-refractivity contribution in [3.05, 3.63) is 59.7 Å². The molecule has 1 fully saturated rings. The van der Waals surface area contributed by atoms with Gasteiger partial charge in [-0.1, -0.05) is 29.8 Å². The summed E-state index contributed by atoms with van der Waals surface area (Å²) in [5, 5.41) is 3.04. The number of hydrogen-bond acceptors (Lipinski definition) is 4. The van der Waals surface area contributed by atoms with Crippen LogP contribution >= 0.6 is 0 Å². The molecule has 1 aliphatic rings. The summed E-state index contributed by atoms with van der Waals surface area (Å²) >= 11 is 0. The zero-order valence-corrected chi connectivity index (χ0v) is 14.2. The van der Waals surface area contributed by atoms with Crippen LogP contribution in [0.5, 0.6) is 0 Å². The summed E-state index contributed by atoms with van der Waals surface area (Å²) in [6.07, 6.45) is 2.09. The third-order valence-corrected chi connectivity index (χ3v) is 4.72. The SMILES string of the molecule is Cc1ccc(C(=O)NCC2CCCN2c2nc3ccccc3o2)cc1. The molecule has 128 valence electrons. The van der Waals surface area contributed by atoms with Gasteiger partial charge in [0.05, 0.1) is 6.04 Å². The van der Waals surface area contributed by atoms with Crippen molar-refractivity contribution in [1.82, 2.24) is 10.3 Å². The molecule has 0 spiro atoms. The zero-order chi connectivity index (χ0) is 17.2. The lowest BCUT2D eigenvalue weighted by atomic mass is 10.1. The number of carbonyl (C=O) groups is 1.